The van der Waals surface area contributed by atoms with Crippen LogP contribution in [0.25, 0.3) is 0 Å². The first-order chi connectivity index (χ1) is 8.18. The number of hydrogen-bond acceptors (Lipinski definition) is 3. The van der Waals surface area contributed by atoms with Crippen molar-refractivity contribution in [3.63, 3.8) is 0 Å². The van der Waals surface area contributed by atoms with E-state index >= 15 is 0 Å². The highest BCUT2D eigenvalue weighted by Crippen LogP contribution is 2.32. The van der Waals surface area contributed by atoms with E-state index in [0.29, 0.717) is 11.6 Å². The summed E-state index contributed by atoms with van der Waals surface area (Å²) >= 11 is 0. The fourth-order valence-corrected chi connectivity index (χ4v) is 3.44. The topological polar surface area (TPSA) is 40.6 Å². The summed E-state index contributed by atoms with van der Waals surface area (Å²) in [6.07, 6.45) is 6.03. The lowest BCUT2D eigenvalue weighted by Gasteiger charge is -2.35. The summed E-state index contributed by atoms with van der Waals surface area (Å²) in [5.74, 6) is -0.183. The quantitative estimate of drug-likeness (QED) is 0.634. The minimum atomic E-state index is -0.107. The molecule has 0 aliphatic carbocycles. The number of fused-ring (bicyclic) bond motifs is 1. The average Bonchev–Trinajstić information content (AvgIpc) is 2.82. The number of carbonyl (C=O) groups is 2. The minimum absolute atomic E-state index is 0.0765. The molecule has 0 aromatic rings. The van der Waals surface area contributed by atoms with E-state index in [9.17, 15) is 9.59 Å². The van der Waals surface area contributed by atoms with Crippen LogP contribution < -0.4 is 0 Å². The molecule has 2 saturated heterocycles. The van der Waals surface area contributed by atoms with E-state index in [4.69, 9.17) is 0 Å². The molecule has 0 bridgehead atoms. The third kappa shape index (κ3) is 1.62. The van der Waals surface area contributed by atoms with Gasteiger partial charge >= 0.3 is 0 Å². The van der Waals surface area contributed by atoms with Crippen LogP contribution in [-0.4, -0.2) is 46.8 Å². The molecule has 0 N–H and O–H groups in total. The molecular formula is C13H18N2O2. The molecular weight excluding hydrogens is 216 g/mol. The van der Waals surface area contributed by atoms with Gasteiger partial charge in [-0.25, -0.2) is 0 Å². The predicted octanol–water partition coefficient (Wildman–Crippen LogP) is 0.928. The Labute approximate surface area is 101 Å². The van der Waals surface area contributed by atoms with Crippen LogP contribution in [0.1, 0.15) is 32.6 Å². The molecule has 0 aromatic carbocycles. The van der Waals surface area contributed by atoms with Crippen LogP contribution in [0.4, 0.5) is 0 Å². The van der Waals surface area contributed by atoms with Gasteiger partial charge in [-0.1, -0.05) is 6.42 Å². The lowest BCUT2D eigenvalue weighted by atomic mass is 9.98. The fraction of sp³-hybridized carbons (Fsp3) is 0.692. The number of hydrogen-bond donors (Lipinski definition) is 0. The van der Waals surface area contributed by atoms with Gasteiger partial charge in [0.2, 0.25) is 0 Å². The molecule has 0 spiro atoms. The van der Waals surface area contributed by atoms with Gasteiger partial charge in [-0.2, -0.15) is 0 Å². The summed E-state index contributed by atoms with van der Waals surface area (Å²) in [6, 6.07) is 0.528. The Morgan fingerprint density at radius 1 is 1.12 bits per heavy atom. The highest BCUT2D eigenvalue weighted by molar-refractivity contribution is 6.16. The Balaban J connectivity index is 1.81. The summed E-state index contributed by atoms with van der Waals surface area (Å²) in [7, 11) is 0. The average molecular weight is 234 g/mol. The second-order valence-corrected chi connectivity index (χ2v) is 5.30. The molecule has 0 saturated carbocycles. The number of imide groups is 1. The van der Waals surface area contributed by atoms with Gasteiger partial charge in [0.1, 0.15) is 0 Å². The van der Waals surface area contributed by atoms with Gasteiger partial charge in [0.15, 0.2) is 0 Å². The van der Waals surface area contributed by atoms with Crippen LogP contribution in [0.5, 0.6) is 0 Å². The lowest BCUT2D eigenvalue weighted by Crippen LogP contribution is -2.49. The molecule has 0 aromatic heterocycles. The van der Waals surface area contributed by atoms with Gasteiger partial charge in [-0.3, -0.25) is 19.4 Å². The number of nitrogens with zero attached hydrogens (tertiary/aromatic N) is 2. The van der Waals surface area contributed by atoms with Gasteiger partial charge in [0.25, 0.3) is 11.8 Å². The third-order valence-electron chi connectivity index (χ3n) is 4.29. The van der Waals surface area contributed by atoms with Crippen LogP contribution in [0, 0.1) is 0 Å². The standard InChI is InChI=1S/C13H18N2O2/c1-9-8-12(16)15(13(9)17)11-5-7-14-6-3-2-4-10(11)14/h8,10-11H,2-7H2,1H3. The molecule has 4 nitrogen and oxygen atoms in total. The summed E-state index contributed by atoms with van der Waals surface area (Å²) in [4.78, 5) is 27.8. The Morgan fingerprint density at radius 3 is 2.65 bits per heavy atom. The van der Waals surface area contributed by atoms with Crippen molar-refractivity contribution in [2.45, 2.75) is 44.7 Å². The van der Waals surface area contributed by atoms with E-state index in [1.54, 1.807) is 6.92 Å². The normalized spacial score (nSPS) is 34.2. The first-order valence-electron chi connectivity index (χ1n) is 6.48. The van der Waals surface area contributed by atoms with Crippen LogP contribution in [0.2, 0.25) is 0 Å². The van der Waals surface area contributed by atoms with Crippen molar-refractivity contribution in [1.29, 1.82) is 0 Å². The van der Waals surface area contributed by atoms with Crippen molar-refractivity contribution in [3.05, 3.63) is 11.6 Å². The minimum Gasteiger partial charge on any atom is -0.298 e. The highest BCUT2D eigenvalue weighted by atomic mass is 16.2. The molecule has 17 heavy (non-hydrogen) atoms. The van der Waals surface area contributed by atoms with Gasteiger partial charge in [0, 0.05) is 24.2 Å². The van der Waals surface area contributed by atoms with Crippen LogP contribution in [0.3, 0.4) is 0 Å². The van der Waals surface area contributed by atoms with Crippen molar-refractivity contribution in [2.24, 2.45) is 0 Å². The Kier molecular flexibility index (Phi) is 2.54. The second-order valence-electron chi connectivity index (χ2n) is 5.30. The monoisotopic (exact) mass is 234 g/mol. The van der Waals surface area contributed by atoms with Crippen molar-refractivity contribution < 1.29 is 9.59 Å². The lowest BCUT2D eigenvalue weighted by molar-refractivity contribution is -0.140. The molecule has 2 unspecified atom stereocenters. The van der Waals surface area contributed by atoms with Gasteiger partial charge in [-0.15, -0.1) is 0 Å². The molecule has 3 aliphatic rings. The molecule has 3 heterocycles. The zero-order valence-corrected chi connectivity index (χ0v) is 10.2. The molecule has 2 atom stereocenters. The fourth-order valence-electron chi connectivity index (χ4n) is 3.44. The second kappa shape index (κ2) is 3.95. The number of amides is 2. The van der Waals surface area contributed by atoms with Crippen molar-refractivity contribution >= 4 is 11.8 Å². The van der Waals surface area contributed by atoms with E-state index in [-0.39, 0.29) is 17.9 Å². The molecule has 2 fully saturated rings. The van der Waals surface area contributed by atoms with Crippen molar-refractivity contribution in [3.8, 4) is 0 Å². The summed E-state index contributed by atoms with van der Waals surface area (Å²) in [5, 5.41) is 0. The zero-order valence-electron chi connectivity index (χ0n) is 10.2. The maximum atomic E-state index is 12.0. The summed E-state index contributed by atoms with van der Waals surface area (Å²) < 4.78 is 0. The van der Waals surface area contributed by atoms with Crippen LogP contribution >= 0.6 is 0 Å². The maximum absolute atomic E-state index is 12.0. The summed E-state index contributed by atoms with van der Waals surface area (Å²) in [6.45, 7) is 3.89. The molecule has 92 valence electrons. The molecule has 3 rings (SSSR count). The Bertz CT molecular complexity index is 402. The molecule has 3 aliphatic heterocycles. The van der Waals surface area contributed by atoms with Gasteiger partial charge < -0.3 is 0 Å². The van der Waals surface area contributed by atoms with Crippen LogP contribution in [0.15, 0.2) is 11.6 Å². The molecule has 2 amide bonds. The molecule has 4 heteroatoms. The third-order valence-corrected chi connectivity index (χ3v) is 4.29. The zero-order chi connectivity index (χ0) is 12.0. The van der Waals surface area contributed by atoms with E-state index in [2.05, 4.69) is 4.90 Å². The summed E-state index contributed by atoms with van der Waals surface area (Å²) in [5.41, 5.74) is 0.587. The number of piperidine rings is 1. The highest BCUT2D eigenvalue weighted by Gasteiger charge is 2.44. The largest absolute Gasteiger partial charge is 0.298 e. The smallest absolute Gasteiger partial charge is 0.256 e. The van der Waals surface area contributed by atoms with E-state index in [1.807, 2.05) is 0 Å². The van der Waals surface area contributed by atoms with Crippen LogP contribution in [-0.2, 0) is 9.59 Å². The van der Waals surface area contributed by atoms with E-state index in [0.717, 1.165) is 25.9 Å². The number of carbonyl (C=O) groups excluding carboxylic acids is 2. The maximum Gasteiger partial charge on any atom is 0.256 e. The first-order valence-corrected chi connectivity index (χ1v) is 6.48. The van der Waals surface area contributed by atoms with E-state index < -0.39 is 0 Å². The van der Waals surface area contributed by atoms with Gasteiger partial charge in [-0.05, 0) is 32.7 Å². The Hall–Kier alpha value is -1.16. The molecule has 0 radical (unpaired) electrons. The van der Waals surface area contributed by atoms with E-state index in [1.165, 1.54) is 23.8 Å². The van der Waals surface area contributed by atoms with Crippen molar-refractivity contribution in [1.82, 2.24) is 9.80 Å². The van der Waals surface area contributed by atoms with Gasteiger partial charge in [0.05, 0.1) is 6.04 Å². The first kappa shape index (κ1) is 11.0. The SMILES string of the molecule is CC1=CC(=O)N(C2CCN3CCCCC23)C1=O. The Morgan fingerprint density at radius 2 is 1.94 bits per heavy atom. The van der Waals surface area contributed by atoms with Crippen molar-refractivity contribution in [2.75, 3.05) is 13.1 Å². The number of rotatable bonds is 1. The predicted molar refractivity (Wildman–Crippen MR) is 63.2 cm³/mol.